The summed E-state index contributed by atoms with van der Waals surface area (Å²) in [5, 5.41) is 9.12. The van der Waals surface area contributed by atoms with Crippen LogP contribution in [-0.2, 0) is 0 Å². The summed E-state index contributed by atoms with van der Waals surface area (Å²) in [6.45, 7) is 0. The van der Waals surface area contributed by atoms with Gasteiger partial charge in [-0.05, 0) is 0 Å². The second kappa shape index (κ2) is 5.38. The van der Waals surface area contributed by atoms with Gasteiger partial charge in [0.15, 0.2) is 0 Å². The van der Waals surface area contributed by atoms with Gasteiger partial charge in [-0.1, -0.05) is 0 Å². The molecule has 0 spiro atoms. The van der Waals surface area contributed by atoms with Crippen molar-refractivity contribution in [3.05, 3.63) is 76.4 Å². The molecular formula is C19H9NO3Se. The predicted molar refractivity (Wildman–Crippen MR) is 87.9 cm³/mol. The van der Waals surface area contributed by atoms with Gasteiger partial charge in [0.05, 0.1) is 0 Å². The number of hydrogen-bond donors (Lipinski definition) is 0. The molecule has 0 saturated carbocycles. The van der Waals surface area contributed by atoms with Crippen molar-refractivity contribution in [3.63, 3.8) is 0 Å². The maximum atomic E-state index is 12.8. The van der Waals surface area contributed by atoms with Crippen LogP contribution in [0.2, 0.25) is 4.82 Å². The number of ketones is 3. The van der Waals surface area contributed by atoms with E-state index in [0.717, 1.165) is 0 Å². The maximum absolute atomic E-state index is 12.8. The third kappa shape index (κ3) is 1.88. The number of fused-ring (bicyclic) bond motifs is 2. The fraction of sp³-hybridized carbons (Fsp3) is 0.0526. The van der Waals surface area contributed by atoms with Gasteiger partial charge in [-0.25, -0.2) is 0 Å². The average molecular weight is 378 g/mol. The molecule has 2 aromatic carbocycles. The number of carbonyl (C=O) groups excluding carboxylic acids is 3. The molecule has 0 fully saturated rings. The van der Waals surface area contributed by atoms with Gasteiger partial charge in [-0.2, -0.15) is 0 Å². The van der Waals surface area contributed by atoms with Gasteiger partial charge in [0, 0.05) is 0 Å². The molecule has 4 rings (SSSR count). The molecule has 1 atom stereocenters. The normalized spacial score (nSPS) is 18.6. The number of rotatable bonds is 1. The first-order valence-corrected chi connectivity index (χ1v) is 9.10. The molecule has 0 amide bonds. The van der Waals surface area contributed by atoms with E-state index >= 15 is 0 Å². The summed E-state index contributed by atoms with van der Waals surface area (Å²) in [4.78, 5) is 39.6. The van der Waals surface area contributed by atoms with Crippen molar-refractivity contribution in [2.45, 2.75) is 4.82 Å². The van der Waals surface area contributed by atoms with Crippen molar-refractivity contribution in [3.8, 4) is 4.97 Å². The van der Waals surface area contributed by atoms with E-state index in [1.165, 1.54) is 0 Å². The van der Waals surface area contributed by atoms with Crippen LogP contribution in [0.5, 0.6) is 0 Å². The summed E-state index contributed by atoms with van der Waals surface area (Å²) >= 11 is -0.673. The number of nitrogens with zero attached hydrogens (tertiary/aromatic N) is 1. The first kappa shape index (κ1) is 14.8. The molecule has 4 nitrogen and oxygen atoms in total. The summed E-state index contributed by atoms with van der Waals surface area (Å²) in [6.07, 6.45) is 0. The van der Waals surface area contributed by atoms with E-state index in [1.54, 1.807) is 48.5 Å². The number of carbonyl (C=O) groups is 3. The predicted octanol–water partition coefficient (Wildman–Crippen LogP) is 2.69. The van der Waals surface area contributed by atoms with Crippen molar-refractivity contribution in [1.29, 1.82) is 5.26 Å². The van der Waals surface area contributed by atoms with Gasteiger partial charge in [0.2, 0.25) is 0 Å². The van der Waals surface area contributed by atoms with Crippen LogP contribution in [0.15, 0.2) is 54.1 Å². The zero-order chi connectivity index (χ0) is 16.8. The Morgan fingerprint density at radius 1 is 0.792 bits per heavy atom. The number of benzene rings is 2. The summed E-state index contributed by atoms with van der Waals surface area (Å²) in [5.41, 5.74) is 2.31. The average Bonchev–Trinajstić information content (AvgIpc) is 3.02. The standard InChI is InChI=1S/C19H9NO3Se/c20-9-24-19-14(10-5-1-2-6-11(10)18(19)23)15-16(21)12-7-3-4-8-13(12)17(15)22/h1-8,19H. The quantitative estimate of drug-likeness (QED) is 0.435. The summed E-state index contributed by atoms with van der Waals surface area (Å²) in [5.74, 6) is -0.881. The molecule has 0 N–H and O–H groups in total. The summed E-state index contributed by atoms with van der Waals surface area (Å²) in [6, 6.07) is 13.6. The first-order chi connectivity index (χ1) is 11.6. The molecule has 114 valence electrons. The van der Waals surface area contributed by atoms with Crippen LogP contribution >= 0.6 is 0 Å². The third-order valence-corrected chi connectivity index (χ3v) is 5.95. The fourth-order valence-electron chi connectivity index (χ4n) is 3.27. The van der Waals surface area contributed by atoms with Gasteiger partial charge < -0.3 is 0 Å². The van der Waals surface area contributed by atoms with Crippen LogP contribution < -0.4 is 0 Å². The van der Waals surface area contributed by atoms with Crippen molar-refractivity contribution in [1.82, 2.24) is 0 Å². The van der Waals surface area contributed by atoms with Gasteiger partial charge in [0.25, 0.3) is 0 Å². The van der Waals surface area contributed by atoms with E-state index in [-0.39, 0.29) is 22.9 Å². The number of Topliss-reactive ketones (excluding diaryl/α,β-unsaturated/α-hetero) is 3. The number of nitriles is 1. The third-order valence-electron chi connectivity index (χ3n) is 4.29. The van der Waals surface area contributed by atoms with Crippen LogP contribution in [0.3, 0.4) is 0 Å². The Balaban J connectivity index is 2.02. The molecule has 0 aromatic heterocycles. The molecule has 24 heavy (non-hydrogen) atoms. The van der Waals surface area contributed by atoms with Gasteiger partial charge in [-0.15, -0.1) is 0 Å². The number of allylic oxidation sites excluding steroid dienone is 2. The van der Waals surface area contributed by atoms with E-state index in [2.05, 4.69) is 4.97 Å². The van der Waals surface area contributed by atoms with E-state index < -0.39 is 19.8 Å². The zero-order valence-electron chi connectivity index (χ0n) is 12.3. The Hall–Kier alpha value is -2.80. The Morgan fingerprint density at radius 2 is 1.29 bits per heavy atom. The molecule has 0 radical (unpaired) electrons. The van der Waals surface area contributed by atoms with Gasteiger partial charge >= 0.3 is 144 Å². The second-order valence-corrected chi connectivity index (χ2v) is 7.36. The van der Waals surface area contributed by atoms with E-state index in [1.807, 2.05) is 0 Å². The molecule has 2 aromatic rings. The van der Waals surface area contributed by atoms with Crippen LogP contribution in [0.25, 0.3) is 5.57 Å². The molecule has 2 aliphatic rings. The Bertz CT molecular complexity index is 976. The monoisotopic (exact) mass is 379 g/mol. The second-order valence-electron chi connectivity index (χ2n) is 5.49. The van der Waals surface area contributed by atoms with Gasteiger partial charge in [-0.3, -0.25) is 0 Å². The minimum atomic E-state index is -0.697. The van der Waals surface area contributed by atoms with Crippen molar-refractivity contribution in [2.75, 3.05) is 0 Å². The molecule has 2 aliphatic carbocycles. The Kier molecular flexibility index (Phi) is 3.31. The van der Waals surface area contributed by atoms with Crippen molar-refractivity contribution in [2.24, 2.45) is 0 Å². The Labute approximate surface area is 143 Å². The van der Waals surface area contributed by atoms with Crippen LogP contribution in [-0.4, -0.2) is 32.3 Å². The summed E-state index contributed by atoms with van der Waals surface area (Å²) < 4.78 is 0. The van der Waals surface area contributed by atoms with Crippen molar-refractivity contribution < 1.29 is 14.4 Å². The first-order valence-electron chi connectivity index (χ1n) is 7.26. The number of hydrogen-bond acceptors (Lipinski definition) is 4. The topological polar surface area (TPSA) is 75.0 Å². The molecular weight excluding hydrogens is 369 g/mol. The van der Waals surface area contributed by atoms with Crippen molar-refractivity contribution >= 4 is 37.9 Å². The van der Waals surface area contributed by atoms with Crippen LogP contribution in [0.4, 0.5) is 0 Å². The van der Waals surface area contributed by atoms with E-state index in [4.69, 9.17) is 5.26 Å². The molecule has 1 unspecified atom stereocenters. The molecule has 0 aliphatic heterocycles. The van der Waals surface area contributed by atoms with E-state index in [9.17, 15) is 14.4 Å². The SMILES string of the molecule is N#C[Se]C1C(=O)c2ccccc2C1=C1C(=O)c2ccccc2C1=O. The fourth-order valence-corrected chi connectivity index (χ4v) is 4.75. The zero-order valence-corrected chi connectivity index (χ0v) is 14.0. The van der Waals surface area contributed by atoms with Gasteiger partial charge in [0.1, 0.15) is 0 Å². The molecule has 0 heterocycles. The van der Waals surface area contributed by atoms with Crippen LogP contribution in [0.1, 0.15) is 36.6 Å². The van der Waals surface area contributed by atoms with E-state index in [0.29, 0.717) is 27.8 Å². The molecule has 0 saturated heterocycles. The molecule has 5 heteroatoms. The Morgan fingerprint density at radius 3 is 1.83 bits per heavy atom. The summed E-state index contributed by atoms with van der Waals surface area (Å²) in [7, 11) is 0. The van der Waals surface area contributed by atoms with Crippen LogP contribution in [0, 0.1) is 10.2 Å². The molecule has 0 bridgehead atoms. The minimum absolute atomic E-state index is 0.0524.